The van der Waals surface area contributed by atoms with Gasteiger partial charge >= 0.3 is 0 Å². The monoisotopic (exact) mass is 301 g/mol. The van der Waals surface area contributed by atoms with Gasteiger partial charge in [-0.2, -0.15) is 0 Å². The van der Waals surface area contributed by atoms with E-state index in [4.69, 9.17) is 11.6 Å². The maximum absolute atomic E-state index is 6.22. The minimum atomic E-state index is 0.243. The summed E-state index contributed by atoms with van der Waals surface area (Å²) in [5.41, 5.74) is 2.28. The van der Waals surface area contributed by atoms with Crippen LogP contribution in [0.3, 0.4) is 0 Å². The van der Waals surface area contributed by atoms with Crippen molar-refractivity contribution in [3.8, 4) is 0 Å². The van der Waals surface area contributed by atoms with Gasteiger partial charge in [0.25, 0.3) is 0 Å². The summed E-state index contributed by atoms with van der Waals surface area (Å²) in [5.74, 6) is 0. The highest BCUT2D eigenvalue weighted by Crippen LogP contribution is 2.29. The van der Waals surface area contributed by atoms with E-state index in [0.717, 1.165) is 33.6 Å². The molecule has 1 atom stereocenters. The second-order valence-corrected chi connectivity index (χ2v) is 5.26. The van der Waals surface area contributed by atoms with Gasteiger partial charge in [-0.05, 0) is 43.7 Å². The molecular weight excluding hydrogens is 286 g/mol. The van der Waals surface area contributed by atoms with Gasteiger partial charge in [-0.25, -0.2) is 0 Å². The van der Waals surface area contributed by atoms with Gasteiger partial charge in [-0.15, -0.1) is 6.58 Å². The molecule has 0 amide bonds. The fraction of sp³-hybridized carbons (Fsp3) is 0.385. The Kier molecular flexibility index (Phi) is 5.53. The van der Waals surface area contributed by atoms with Crippen molar-refractivity contribution in [3.63, 3.8) is 0 Å². The molecule has 1 aromatic carbocycles. The maximum Gasteiger partial charge on any atom is 0.0454 e. The van der Waals surface area contributed by atoms with E-state index in [2.05, 4.69) is 40.8 Å². The van der Waals surface area contributed by atoms with Crippen LogP contribution in [-0.2, 0) is 0 Å². The maximum atomic E-state index is 6.22. The standard InChI is InChI=1S/C13H17BrClN/c1-4-16-13(7-9(2)3)11-8-10(14)5-6-12(11)15/h5-6,8,13,16H,2,4,7H2,1,3H3. The van der Waals surface area contributed by atoms with Crippen LogP contribution in [0.2, 0.25) is 5.02 Å². The largest absolute Gasteiger partial charge is 0.310 e. The molecule has 88 valence electrons. The molecule has 1 nitrogen and oxygen atoms in total. The fourth-order valence-corrected chi connectivity index (χ4v) is 2.30. The molecule has 0 radical (unpaired) electrons. The SMILES string of the molecule is C=C(C)CC(NCC)c1cc(Br)ccc1Cl. The molecule has 1 rings (SSSR count). The van der Waals surface area contributed by atoms with E-state index >= 15 is 0 Å². The number of halogens is 2. The van der Waals surface area contributed by atoms with Crippen molar-refractivity contribution in [1.82, 2.24) is 5.32 Å². The zero-order valence-electron chi connectivity index (χ0n) is 9.69. The van der Waals surface area contributed by atoms with E-state index in [1.165, 1.54) is 0 Å². The molecule has 1 unspecified atom stereocenters. The van der Waals surface area contributed by atoms with Crippen LogP contribution in [0.4, 0.5) is 0 Å². The van der Waals surface area contributed by atoms with Crippen molar-refractivity contribution < 1.29 is 0 Å². The molecule has 0 saturated carbocycles. The lowest BCUT2D eigenvalue weighted by atomic mass is 10.0. The molecule has 1 N–H and O–H groups in total. The average molecular weight is 303 g/mol. The van der Waals surface area contributed by atoms with Gasteiger partial charge in [0.15, 0.2) is 0 Å². The van der Waals surface area contributed by atoms with Gasteiger partial charge in [0.05, 0.1) is 0 Å². The van der Waals surface area contributed by atoms with E-state index in [0.29, 0.717) is 0 Å². The van der Waals surface area contributed by atoms with E-state index in [-0.39, 0.29) is 6.04 Å². The second kappa shape index (κ2) is 6.43. The van der Waals surface area contributed by atoms with E-state index in [9.17, 15) is 0 Å². The molecule has 16 heavy (non-hydrogen) atoms. The summed E-state index contributed by atoms with van der Waals surface area (Å²) >= 11 is 9.69. The third kappa shape index (κ3) is 3.93. The molecule has 1 aromatic rings. The lowest BCUT2D eigenvalue weighted by Gasteiger charge is -2.20. The average Bonchev–Trinajstić information content (AvgIpc) is 2.20. The molecule has 0 aromatic heterocycles. The summed E-state index contributed by atoms with van der Waals surface area (Å²) in [4.78, 5) is 0. The van der Waals surface area contributed by atoms with Crippen LogP contribution < -0.4 is 5.32 Å². The Labute approximate surface area is 111 Å². The van der Waals surface area contributed by atoms with Gasteiger partial charge in [0.1, 0.15) is 0 Å². The Morgan fingerprint density at radius 1 is 1.56 bits per heavy atom. The lowest BCUT2D eigenvalue weighted by Crippen LogP contribution is -2.21. The summed E-state index contributed by atoms with van der Waals surface area (Å²) in [5, 5.41) is 4.23. The predicted octanol–water partition coefficient (Wildman–Crippen LogP) is 4.72. The van der Waals surface area contributed by atoms with Gasteiger partial charge in [-0.3, -0.25) is 0 Å². The van der Waals surface area contributed by atoms with E-state index in [1.54, 1.807) is 0 Å². The van der Waals surface area contributed by atoms with E-state index < -0.39 is 0 Å². The number of hydrogen-bond acceptors (Lipinski definition) is 1. The Hall–Kier alpha value is -0.310. The Morgan fingerprint density at radius 3 is 2.81 bits per heavy atom. The molecule has 3 heteroatoms. The molecule has 0 aliphatic carbocycles. The molecule has 0 spiro atoms. The first-order valence-electron chi connectivity index (χ1n) is 5.37. The summed E-state index contributed by atoms with van der Waals surface area (Å²) in [6.07, 6.45) is 0.907. The molecule has 0 aliphatic rings. The van der Waals surface area contributed by atoms with Crippen LogP contribution in [0.5, 0.6) is 0 Å². The Morgan fingerprint density at radius 2 is 2.25 bits per heavy atom. The molecule has 0 saturated heterocycles. The van der Waals surface area contributed by atoms with Crippen molar-refractivity contribution >= 4 is 27.5 Å². The summed E-state index contributed by atoms with van der Waals surface area (Å²) in [6, 6.07) is 6.19. The topological polar surface area (TPSA) is 12.0 Å². The number of rotatable bonds is 5. The first-order valence-corrected chi connectivity index (χ1v) is 6.54. The first-order chi connectivity index (χ1) is 7.54. The zero-order chi connectivity index (χ0) is 12.1. The van der Waals surface area contributed by atoms with Crippen LogP contribution in [0, 0.1) is 0 Å². The fourth-order valence-electron chi connectivity index (χ4n) is 1.67. The van der Waals surface area contributed by atoms with Crippen molar-refractivity contribution in [1.29, 1.82) is 0 Å². The minimum absolute atomic E-state index is 0.243. The van der Waals surface area contributed by atoms with Crippen LogP contribution in [0.25, 0.3) is 0 Å². The lowest BCUT2D eigenvalue weighted by molar-refractivity contribution is 0.548. The minimum Gasteiger partial charge on any atom is -0.310 e. The van der Waals surface area contributed by atoms with Crippen molar-refractivity contribution in [3.05, 3.63) is 45.4 Å². The summed E-state index contributed by atoms with van der Waals surface area (Å²) < 4.78 is 1.05. The summed E-state index contributed by atoms with van der Waals surface area (Å²) in [7, 11) is 0. The Bertz CT molecular complexity index is 376. The van der Waals surface area contributed by atoms with Gasteiger partial charge in [0, 0.05) is 15.5 Å². The van der Waals surface area contributed by atoms with E-state index in [1.807, 2.05) is 19.1 Å². The highest BCUT2D eigenvalue weighted by molar-refractivity contribution is 9.10. The van der Waals surface area contributed by atoms with Crippen molar-refractivity contribution in [2.24, 2.45) is 0 Å². The van der Waals surface area contributed by atoms with Crippen LogP contribution >= 0.6 is 27.5 Å². The summed E-state index contributed by atoms with van der Waals surface area (Å²) in [6.45, 7) is 9.01. The van der Waals surface area contributed by atoms with Gasteiger partial charge in [-0.1, -0.05) is 40.0 Å². The van der Waals surface area contributed by atoms with Crippen LogP contribution in [0.1, 0.15) is 31.9 Å². The first kappa shape index (κ1) is 13.8. The molecule has 0 aliphatic heterocycles. The predicted molar refractivity (Wildman–Crippen MR) is 75.0 cm³/mol. The molecule has 0 heterocycles. The van der Waals surface area contributed by atoms with Gasteiger partial charge < -0.3 is 5.32 Å². The number of benzene rings is 1. The number of hydrogen-bond donors (Lipinski definition) is 1. The third-order valence-electron chi connectivity index (χ3n) is 2.34. The quantitative estimate of drug-likeness (QED) is 0.776. The molecule has 0 bridgehead atoms. The highest BCUT2D eigenvalue weighted by atomic mass is 79.9. The van der Waals surface area contributed by atoms with Crippen LogP contribution in [-0.4, -0.2) is 6.54 Å². The Balaban J connectivity index is 2.99. The van der Waals surface area contributed by atoms with Crippen molar-refractivity contribution in [2.75, 3.05) is 6.54 Å². The highest BCUT2D eigenvalue weighted by Gasteiger charge is 2.14. The second-order valence-electron chi connectivity index (χ2n) is 3.94. The van der Waals surface area contributed by atoms with Gasteiger partial charge in [0.2, 0.25) is 0 Å². The molecular formula is C13H17BrClN. The van der Waals surface area contributed by atoms with Crippen molar-refractivity contribution in [2.45, 2.75) is 26.3 Å². The third-order valence-corrected chi connectivity index (χ3v) is 3.17. The normalized spacial score (nSPS) is 12.5. The van der Waals surface area contributed by atoms with Crippen LogP contribution in [0.15, 0.2) is 34.8 Å². The molecule has 0 fully saturated rings. The zero-order valence-corrected chi connectivity index (χ0v) is 12.0. The number of nitrogens with one attached hydrogen (secondary N) is 1. The smallest absolute Gasteiger partial charge is 0.0454 e.